The highest BCUT2D eigenvalue weighted by molar-refractivity contribution is 5.90. The molecule has 172 valence electrons. The van der Waals surface area contributed by atoms with Crippen LogP contribution in [0.3, 0.4) is 0 Å². The van der Waals surface area contributed by atoms with Gasteiger partial charge in [-0.05, 0) is 37.3 Å². The molecule has 0 saturated carbocycles. The van der Waals surface area contributed by atoms with Gasteiger partial charge < -0.3 is 26.7 Å². The number of nitrogens with two attached hydrogens (primary N) is 2. The molecule has 0 bridgehead atoms. The number of H-pyrrole nitrogens is 1. The van der Waals surface area contributed by atoms with Gasteiger partial charge in [0, 0.05) is 37.8 Å². The molecule has 1 saturated heterocycles. The van der Waals surface area contributed by atoms with Crippen LogP contribution in [0.4, 0.5) is 0 Å². The minimum atomic E-state index is -0.892. The van der Waals surface area contributed by atoms with Crippen LogP contribution in [0.25, 0.3) is 0 Å². The first-order valence-corrected chi connectivity index (χ1v) is 11.0. The van der Waals surface area contributed by atoms with E-state index in [1.54, 1.807) is 6.20 Å². The van der Waals surface area contributed by atoms with Crippen molar-refractivity contribution >= 4 is 17.7 Å². The van der Waals surface area contributed by atoms with Crippen LogP contribution in [0.1, 0.15) is 30.5 Å². The summed E-state index contributed by atoms with van der Waals surface area (Å²) >= 11 is 0. The SMILES string of the molecule is NCC1CCN(C(=O)C[C@@H](Cc2ccccc2)C(=O)N[C@@H](Cc2cnc[nH]2)C(N)=O)CC1. The molecule has 9 heteroatoms. The Bertz CT molecular complexity index is 878. The van der Waals surface area contributed by atoms with Gasteiger partial charge in [-0.1, -0.05) is 30.3 Å². The van der Waals surface area contributed by atoms with Gasteiger partial charge >= 0.3 is 0 Å². The third kappa shape index (κ3) is 6.65. The highest BCUT2D eigenvalue weighted by Gasteiger charge is 2.30. The Labute approximate surface area is 187 Å². The van der Waals surface area contributed by atoms with Crippen molar-refractivity contribution in [2.75, 3.05) is 19.6 Å². The topological polar surface area (TPSA) is 147 Å². The Kier molecular flexibility index (Phi) is 8.38. The molecule has 0 radical (unpaired) electrons. The molecular weight excluding hydrogens is 408 g/mol. The average molecular weight is 441 g/mol. The number of aromatic amines is 1. The normalized spacial score (nSPS) is 16.3. The molecule has 1 fully saturated rings. The first-order valence-electron chi connectivity index (χ1n) is 11.0. The van der Waals surface area contributed by atoms with Crippen LogP contribution in [0, 0.1) is 11.8 Å². The van der Waals surface area contributed by atoms with Crippen LogP contribution in [0.5, 0.6) is 0 Å². The zero-order chi connectivity index (χ0) is 22.9. The lowest BCUT2D eigenvalue weighted by Crippen LogP contribution is -2.49. The van der Waals surface area contributed by atoms with E-state index >= 15 is 0 Å². The van der Waals surface area contributed by atoms with Gasteiger partial charge in [-0.3, -0.25) is 14.4 Å². The van der Waals surface area contributed by atoms with Gasteiger partial charge in [0.1, 0.15) is 6.04 Å². The Morgan fingerprint density at radius 2 is 1.88 bits per heavy atom. The number of aromatic nitrogens is 2. The molecule has 2 heterocycles. The third-order valence-electron chi connectivity index (χ3n) is 6.06. The zero-order valence-corrected chi connectivity index (χ0v) is 18.2. The number of piperidine rings is 1. The highest BCUT2D eigenvalue weighted by atomic mass is 16.2. The number of likely N-dealkylation sites (tertiary alicyclic amines) is 1. The van der Waals surface area contributed by atoms with Gasteiger partial charge in [-0.25, -0.2) is 4.98 Å². The van der Waals surface area contributed by atoms with E-state index in [0.29, 0.717) is 37.7 Å². The van der Waals surface area contributed by atoms with E-state index < -0.39 is 17.9 Å². The fourth-order valence-electron chi connectivity index (χ4n) is 4.04. The predicted octanol–water partition coefficient (Wildman–Crippen LogP) is 0.369. The molecule has 6 N–H and O–H groups in total. The quantitative estimate of drug-likeness (QED) is 0.421. The summed E-state index contributed by atoms with van der Waals surface area (Å²) in [5.41, 5.74) is 12.9. The summed E-state index contributed by atoms with van der Waals surface area (Å²) in [5, 5.41) is 2.75. The zero-order valence-electron chi connectivity index (χ0n) is 18.2. The van der Waals surface area contributed by atoms with E-state index in [-0.39, 0.29) is 24.7 Å². The van der Waals surface area contributed by atoms with E-state index in [4.69, 9.17) is 11.5 Å². The molecule has 2 aromatic rings. The number of primary amides is 1. The predicted molar refractivity (Wildman–Crippen MR) is 120 cm³/mol. The summed E-state index contributed by atoms with van der Waals surface area (Å²) < 4.78 is 0. The first-order chi connectivity index (χ1) is 15.5. The number of benzene rings is 1. The highest BCUT2D eigenvalue weighted by Crippen LogP contribution is 2.20. The fraction of sp³-hybridized carbons (Fsp3) is 0.478. The second-order valence-electron chi connectivity index (χ2n) is 8.40. The van der Waals surface area contributed by atoms with Crippen LogP contribution in [-0.4, -0.2) is 58.3 Å². The number of nitrogens with one attached hydrogen (secondary N) is 2. The van der Waals surface area contributed by atoms with Gasteiger partial charge in [-0.15, -0.1) is 0 Å². The second kappa shape index (κ2) is 11.4. The maximum Gasteiger partial charge on any atom is 0.240 e. The molecule has 1 aliphatic heterocycles. The van der Waals surface area contributed by atoms with Crippen LogP contribution in [-0.2, 0) is 27.2 Å². The van der Waals surface area contributed by atoms with E-state index in [1.807, 2.05) is 35.2 Å². The molecular formula is C23H32N6O3. The standard InChI is InChI=1S/C23H32N6O3/c24-13-17-6-8-29(9-7-17)21(30)11-18(10-16-4-2-1-3-5-16)23(32)28-20(22(25)31)12-19-14-26-15-27-19/h1-5,14-15,17-18,20H,6-13,24H2,(H2,25,31)(H,26,27)(H,28,32)/t18-,20+/m1/s1. The number of hydrogen-bond donors (Lipinski definition) is 4. The number of nitrogens with zero attached hydrogens (tertiary/aromatic N) is 2. The van der Waals surface area contributed by atoms with E-state index in [9.17, 15) is 14.4 Å². The summed E-state index contributed by atoms with van der Waals surface area (Å²) in [5.74, 6) is -1.22. The van der Waals surface area contributed by atoms with Crippen molar-refractivity contribution in [3.05, 3.63) is 54.1 Å². The molecule has 3 amide bonds. The Balaban J connectivity index is 1.69. The lowest BCUT2D eigenvalue weighted by molar-refractivity contribution is -0.138. The number of amides is 3. The summed E-state index contributed by atoms with van der Waals surface area (Å²) in [6.45, 7) is 1.94. The van der Waals surface area contributed by atoms with Crippen molar-refractivity contribution in [2.45, 2.75) is 38.1 Å². The van der Waals surface area contributed by atoms with E-state index in [0.717, 1.165) is 18.4 Å². The van der Waals surface area contributed by atoms with Gasteiger partial charge in [0.05, 0.1) is 12.2 Å². The molecule has 0 spiro atoms. The van der Waals surface area contributed by atoms with Crippen molar-refractivity contribution in [3.8, 4) is 0 Å². The average Bonchev–Trinajstić information content (AvgIpc) is 3.32. The van der Waals surface area contributed by atoms with Gasteiger partial charge in [0.25, 0.3) is 0 Å². The van der Waals surface area contributed by atoms with Crippen molar-refractivity contribution < 1.29 is 14.4 Å². The Morgan fingerprint density at radius 1 is 1.16 bits per heavy atom. The second-order valence-corrected chi connectivity index (χ2v) is 8.40. The summed E-state index contributed by atoms with van der Waals surface area (Å²) in [6.07, 6.45) is 5.52. The molecule has 0 aliphatic carbocycles. The number of rotatable bonds is 10. The molecule has 1 aromatic heterocycles. The van der Waals surface area contributed by atoms with Crippen LogP contribution < -0.4 is 16.8 Å². The molecule has 9 nitrogen and oxygen atoms in total. The summed E-state index contributed by atoms with van der Waals surface area (Å²) in [6, 6.07) is 8.65. The van der Waals surface area contributed by atoms with Crippen molar-refractivity contribution in [3.63, 3.8) is 0 Å². The molecule has 32 heavy (non-hydrogen) atoms. The third-order valence-corrected chi connectivity index (χ3v) is 6.06. The van der Waals surface area contributed by atoms with Crippen LogP contribution in [0.2, 0.25) is 0 Å². The van der Waals surface area contributed by atoms with E-state index in [1.165, 1.54) is 6.33 Å². The summed E-state index contributed by atoms with van der Waals surface area (Å²) in [4.78, 5) is 46.8. The van der Waals surface area contributed by atoms with Crippen LogP contribution >= 0.6 is 0 Å². The fourth-order valence-corrected chi connectivity index (χ4v) is 4.04. The maximum absolute atomic E-state index is 13.2. The maximum atomic E-state index is 13.2. The summed E-state index contributed by atoms with van der Waals surface area (Å²) in [7, 11) is 0. The molecule has 1 aromatic carbocycles. The molecule has 2 atom stereocenters. The van der Waals surface area contributed by atoms with Gasteiger partial charge in [0.15, 0.2) is 0 Å². The number of hydrogen-bond acceptors (Lipinski definition) is 5. The molecule has 1 aliphatic rings. The largest absolute Gasteiger partial charge is 0.368 e. The van der Waals surface area contributed by atoms with Crippen LogP contribution in [0.15, 0.2) is 42.9 Å². The van der Waals surface area contributed by atoms with Crippen molar-refractivity contribution in [2.24, 2.45) is 23.3 Å². The molecule has 0 unspecified atom stereocenters. The first kappa shape index (κ1) is 23.5. The minimum absolute atomic E-state index is 0.0549. The van der Waals surface area contributed by atoms with Gasteiger partial charge in [0.2, 0.25) is 17.7 Å². The van der Waals surface area contributed by atoms with Crippen molar-refractivity contribution in [1.82, 2.24) is 20.2 Å². The Hall–Kier alpha value is -3.20. The number of imidazole rings is 1. The Morgan fingerprint density at radius 3 is 2.47 bits per heavy atom. The smallest absolute Gasteiger partial charge is 0.240 e. The van der Waals surface area contributed by atoms with Crippen molar-refractivity contribution in [1.29, 1.82) is 0 Å². The molecule has 3 rings (SSSR count). The van der Waals surface area contributed by atoms with E-state index in [2.05, 4.69) is 15.3 Å². The lowest BCUT2D eigenvalue weighted by atomic mass is 9.92. The monoisotopic (exact) mass is 440 g/mol. The lowest BCUT2D eigenvalue weighted by Gasteiger charge is -2.32. The number of carbonyl (C=O) groups is 3. The van der Waals surface area contributed by atoms with Gasteiger partial charge in [-0.2, -0.15) is 0 Å². The minimum Gasteiger partial charge on any atom is -0.368 e. The number of carbonyl (C=O) groups excluding carboxylic acids is 3.